The Morgan fingerprint density at radius 2 is 1.90 bits per heavy atom. The molecule has 2 fully saturated rings. The number of hydrogen-bond donors (Lipinski definition) is 1. The Morgan fingerprint density at radius 1 is 1.14 bits per heavy atom. The van der Waals surface area contributed by atoms with Crippen molar-refractivity contribution in [1.82, 2.24) is 15.0 Å². The third-order valence-corrected chi connectivity index (χ3v) is 5.15. The van der Waals surface area contributed by atoms with Gasteiger partial charge in [0, 0.05) is 43.7 Å². The van der Waals surface area contributed by atoms with Crippen molar-refractivity contribution in [2.75, 3.05) is 52.8 Å². The maximum atomic E-state index is 4.75. The summed E-state index contributed by atoms with van der Waals surface area (Å²) in [7, 11) is 0. The molecule has 2 saturated heterocycles. The van der Waals surface area contributed by atoms with Crippen molar-refractivity contribution in [2.24, 2.45) is 0 Å². The van der Waals surface area contributed by atoms with Gasteiger partial charge < -0.3 is 15.1 Å². The fourth-order valence-electron chi connectivity index (χ4n) is 2.80. The molecule has 3 rings (SSSR count). The van der Waals surface area contributed by atoms with E-state index in [2.05, 4.69) is 38.9 Å². The monoisotopic (exact) mass is 308 g/mol. The summed E-state index contributed by atoms with van der Waals surface area (Å²) in [6.45, 7) is 8.27. The minimum atomic E-state index is 0.479. The topological polar surface area (TPSA) is 57.2 Å². The molecule has 0 saturated carbocycles. The van der Waals surface area contributed by atoms with Crippen molar-refractivity contribution < 1.29 is 0 Å². The highest BCUT2D eigenvalue weighted by Gasteiger charge is 2.24. The van der Waals surface area contributed by atoms with E-state index >= 15 is 0 Å². The van der Waals surface area contributed by atoms with Gasteiger partial charge in [0.15, 0.2) is 0 Å². The second-order valence-electron chi connectivity index (χ2n) is 5.60. The highest BCUT2D eigenvalue weighted by Crippen LogP contribution is 2.24. The van der Waals surface area contributed by atoms with Crippen LogP contribution in [-0.4, -0.2) is 58.7 Å². The zero-order valence-corrected chi connectivity index (χ0v) is 13.7. The Kier molecular flexibility index (Phi) is 4.67. The molecule has 0 amide bonds. The largest absolute Gasteiger partial charge is 0.354 e. The first kappa shape index (κ1) is 14.7. The average Bonchev–Trinajstić information content (AvgIpc) is 3.02. The minimum absolute atomic E-state index is 0.479. The zero-order valence-electron chi connectivity index (χ0n) is 12.9. The fraction of sp³-hybridized carbons (Fsp3) is 0.786. The van der Waals surface area contributed by atoms with Crippen molar-refractivity contribution in [2.45, 2.75) is 32.7 Å². The minimum Gasteiger partial charge on any atom is -0.354 e. The molecule has 0 bridgehead atoms. The predicted molar refractivity (Wildman–Crippen MR) is 89.6 cm³/mol. The molecule has 2 aliphatic rings. The lowest BCUT2D eigenvalue weighted by Gasteiger charge is -2.33. The number of aromatic nitrogens is 3. The normalized spacial score (nSPS) is 22.7. The van der Waals surface area contributed by atoms with Crippen molar-refractivity contribution in [3.63, 3.8) is 0 Å². The molecule has 0 aromatic carbocycles. The van der Waals surface area contributed by atoms with Crippen LogP contribution in [0.1, 0.15) is 26.7 Å². The van der Waals surface area contributed by atoms with Gasteiger partial charge in [0.25, 0.3) is 0 Å². The van der Waals surface area contributed by atoms with Crippen molar-refractivity contribution in [3.05, 3.63) is 0 Å². The molecule has 6 nitrogen and oxygen atoms in total. The molecule has 2 aliphatic heterocycles. The SMILES string of the molecule is CCNc1nc(N2CCCC2)nc(N2CCSCC2C)n1. The van der Waals surface area contributed by atoms with Gasteiger partial charge >= 0.3 is 0 Å². The van der Waals surface area contributed by atoms with Crippen LogP contribution in [0.3, 0.4) is 0 Å². The van der Waals surface area contributed by atoms with Crippen molar-refractivity contribution in [3.8, 4) is 0 Å². The molecule has 1 atom stereocenters. The summed E-state index contributed by atoms with van der Waals surface area (Å²) in [5.41, 5.74) is 0. The third-order valence-electron chi connectivity index (χ3n) is 3.96. The summed E-state index contributed by atoms with van der Waals surface area (Å²) >= 11 is 2.01. The Bertz CT molecular complexity index is 477. The first-order chi connectivity index (χ1) is 10.3. The summed E-state index contributed by atoms with van der Waals surface area (Å²) in [4.78, 5) is 18.6. The van der Waals surface area contributed by atoms with Gasteiger partial charge in [-0.25, -0.2) is 0 Å². The van der Waals surface area contributed by atoms with E-state index in [1.165, 1.54) is 12.8 Å². The van der Waals surface area contributed by atoms with Crippen molar-refractivity contribution >= 4 is 29.6 Å². The lowest BCUT2D eigenvalue weighted by atomic mass is 10.3. The Labute approximate surface area is 130 Å². The maximum absolute atomic E-state index is 4.75. The predicted octanol–water partition coefficient (Wildman–Crippen LogP) is 1.85. The summed E-state index contributed by atoms with van der Waals surface area (Å²) in [6, 6.07) is 0.479. The Hall–Kier alpha value is -1.24. The molecule has 1 aromatic heterocycles. The van der Waals surface area contributed by atoms with E-state index in [4.69, 9.17) is 4.98 Å². The van der Waals surface area contributed by atoms with E-state index in [1.54, 1.807) is 0 Å². The molecule has 0 radical (unpaired) electrons. The molecule has 0 aliphatic carbocycles. The van der Waals surface area contributed by atoms with Gasteiger partial charge in [0.05, 0.1) is 0 Å². The molecule has 116 valence electrons. The van der Waals surface area contributed by atoms with Gasteiger partial charge in [-0.15, -0.1) is 0 Å². The summed E-state index contributed by atoms with van der Waals surface area (Å²) in [5.74, 6) is 4.65. The molecular formula is C14H24N6S. The van der Waals surface area contributed by atoms with E-state index in [-0.39, 0.29) is 0 Å². The van der Waals surface area contributed by atoms with Crippen LogP contribution >= 0.6 is 11.8 Å². The molecule has 0 spiro atoms. The first-order valence-corrected chi connectivity index (χ1v) is 9.02. The third kappa shape index (κ3) is 3.33. The van der Waals surface area contributed by atoms with Gasteiger partial charge in [-0.1, -0.05) is 0 Å². The number of rotatable bonds is 4. The van der Waals surface area contributed by atoms with Crippen LogP contribution in [0.2, 0.25) is 0 Å². The summed E-state index contributed by atoms with van der Waals surface area (Å²) < 4.78 is 0. The second-order valence-corrected chi connectivity index (χ2v) is 6.75. The van der Waals surface area contributed by atoms with Crippen LogP contribution in [0.15, 0.2) is 0 Å². The van der Waals surface area contributed by atoms with Crippen LogP contribution in [0.5, 0.6) is 0 Å². The smallest absolute Gasteiger partial charge is 0.232 e. The quantitative estimate of drug-likeness (QED) is 0.911. The van der Waals surface area contributed by atoms with Gasteiger partial charge in [-0.2, -0.15) is 26.7 Å². The van der Waals surface area contributed by atoms with E-state index in [0.717, 1.165) is 49.6 Å². The van der Waals surface area contributed by atoms with E-state index in [1.807, 2.05) is 11.8 Å². The van der Waals surface area contributed by atoms with Crippen LogP contribution in [-0.2, 0) is 0 Å². The van der Waals surface area contributed by atoms with Crippen LogP contribution < -0.4 is 15.1 Å². The van der Waals surface area contributed by atoms with E-state index in [0.29, 0.717) is 12.0 Å². The lowest BCUT2D eigenvalue weighted by molar-refractivity contribution is 0.673. The van der Waals surface area contributed by atoms with E-state index in [9.17, 15) is 0 Å². The standard InChI is InChI=1S/C14H24N6S/c1-3-15-12-16-13(19-6-4-5-7-19)18-14(17-12)20-8-9-21-10-11(20)2/h11H,3-10H2,1-2H3,(H,15,16,17,18). The molecule has 1 unspecified atom stereocenters. The van der Waals surface area contributed by atoms with Crippen LogP contribution in [0, 0.1) is 0 Å². The number of hydrogen-bond acceptors (Lipinski definition) is 7. The number of anilines is 3. The molecular weight excluding hydrogens is 284 g/mol. The fourth-order valence-corrected chi connectivity index (χ4v) is 3.82. The van der Waals surface area contributed by atoms with E-state index < -0.39 is 0 Å². The molecule has 7 heteroatoms. The summed E-state index contributed by atoms with van der Waals surface area (Å²) in [5, 5.41) is 3.24. The summed E-state index contributed by atoms with van der Waals surface area (Å²) in [6.07, 6.45) is 2.46. The van der Waals surface area contributed by atoms with Gasteiger partial charge in [-0.05, 0) is 26.7 Å². The number of thioether (sulfide) groups is 1. The first-order valence-electron chi connectivity index (χ1n) is 7.87. The van der Waals surface area contributed by atoms with Gasteiger partial charge in [0.2, 0.25) is 17.8 Å². The highest BCUT2D eigenvalue weighted by atomic mass is 32.2. The Morgan fingerprint density at radius 3 is 2.62 bits per heavy atom. The zero-order chi connectivity index (χ0) is 14.7. The second kappa shape index (κ2) is 6.68. The van der Waals surface area contributed by atoms with Gasteiger partial charge in [0.1, 0.15) is 0 Å². The molecule has 3 heterocycles. The lowest BCUT2D eigenvalue weighted by Crippen LogP contribution is -2.42. The van der Waals surface area contributed by atoms with Crippen LogP contribution in [0.4, 0.5) is 17.8 Å². The average molecular weight is 308 g/mol. The number of nitrogens with one attached hydrogen (secondary N) is 1. The molecule has 21 heavy (non-hydrogen) atoms. The molecule has 1 N–H and O–H groups in total. The Balaban J connectivity index is 1.90. The highest BCUT2D eigenvalue weighted by molar-refractivity contribution is 7.99. The van der Waals surface area contributed by atoms with Crippen molar-refractivity contribution in [1.29, 1.82) is 0 Å². The molecule has 1 aromatic rings. The number of nitrogens with zero attached hydrogens (tertiary/aromatic N) is 5. The van der Waals surface area contributed by atoms with Gasteiger partial charge in [-0.3, -0.25) is 0 Å². The van der Waals surface area contributed by atoms with Crippen LogP contribution in [0.25, 0.3) is 0 Å². The maximum Gasteiger partial charge on any atom is 0.232 e.